The third kappa shape index (κ3) is 4.11. The molecule has 0 bridgehead atoms. The molecule has 6 heteroatoms. The molecule has 1 aliphatic rings. The summed E-state index contributed by atoms with van der Waals surface area (Å²) in [5.74, 6) is -0.0222. The van der Waals surface area contributed by atoms with Gasteiger partial charge < -0.3 is 9.88 Å². The molecule has 0 unspecified atom stereocenters. The van der Waals surface area contributed by atoms with Gasteiger partial charge in [0.15, 0.2) is 0 Å². The van der Waals surface area contributed by atoms with E-state index in [0.29, 0.717) is 18.7 Å². The summed E-state index contributed by atoms with van der Waals surface area (Å²) < 4.78 is -0.0227. The third-order valence-corrected chi connectivity index (χ3v) is 3.44. The van der Waals surface area contributed by atoms with Crippen molar-refractivity contribution >= 4 is 18.5 Å². The highest BCUT2D eigenvalue weighted by Crippen LogP contribution is 2.16. The van der Waals surface area contributed by atoms with Crippen molar-refractivity contribution in [3.05, 3.63) is 34.2 Å². The number of hydrogen-bond acceptors (Lipinski definition) is 4. The lowest BCUT2D eigenvalue weighted by atomic mass is 10.1. The Hall–Kier alpha value is -1.27. The first-order chi connectivity index (χ1) is 9.35. The van der Waals surface area contributed by atoms with Crippen LogP contribution in [0.1, 0.15) is 24.2 Å². The van der Waals surface area contributed by atoms with Gasteiger partial charge in [-0.2, -0.15) is 12.6 Å². The zero-order chi connectivity index (χ0) is 14.8. The summed E-state index contributed by atoms with van der Waals surface area (Å²) >= 11 is 4.54. The highest BCUT2D eigenvalue weighted by atomic mass is 32.1. The van der Waals surface area contributed by atoms with Gasteiger partial charge in [-0.25, -0.2) is 0 Å². The molecule has 0 aromatic carbocycles. The van der Waals surface area contributed by atoms with E-state index in [0.717, 1.165) is 19.6 Å². The van der Waals surface area contributed by atoms with Gasteiger partial charge in [-0.3, -0.25) is 14.5 Å². The van der Waals surface area contributed by atoms with Gasteiger partial charge in [-0.15, -0.1) is 0 Å². The number of thiol groups is 1. The van der Waals surface area contributed by atoms with Crippen molar-refractivity contribution in [3.8, 4) is 0 Å². The van der Waals surface area contributed by atoms with Crippen LogP contribution in [0.15, 0.2) is 23.1 Å². The fourth-order valence-electron chi connectivity index (χ4n) is 2.38. The van der Waals surface area contributed by atoms with Gasteiger partial charge in [0.05, 0.1) is 5.56 Å². The van der Waals surface area contributed by atoms with Crippen LogP contribution >= 0.6 is 12.6 Å². The molecule has 0 spiro atoms. The number of rotatable bonds is 3. The molecule has 2 rings (SSSR count). The number of carbonyl (C=O) groups excluding carboxylic acids is 1. The molecule has 20 heavy (non-hydrogen) atoms. The average molecular weight is 295 g/mol. The standard InChI is InChI=1S/C14H21N3O2S/c1-14(2,20)10-16-5-7-17(8-6-16)13(19)11-3-4-12(18)15-9-11/h3-4,9,20H,5-8,10H2,1-2H3,(H,15,18). The van der Waals surface area contributed by atoms with Gasteiger partial charge in [0.1, 0.15) is 0 Å². The molecule has 1 N–H and O–H groups in total. The van der Waals surface area contributed by atoms with Crippen LogP contribution in [0.4, 0.5) is 0 Å². The van der Waals surface area contributed by atoms with Crippen molar-refractivity contribution in [2.45, 2.75) is 18.6 Å². The van der Waals surface area contributed by atoms with Crippen molar-refractivity contribution in [2.75, 3.05) is 32.7 Å². The van der Waals surface area contributed by atoms with Crippen LogP contribution in [0.5, 0.6) is 0 Å². The second-order valence-corrected chi connectivity index (χ2v) is 7.03. The largest absolute Gasteiger partial charge is 0.336 e. The summed E-state index contributed by atoms with van der Waals surface area (Å²) in [7, 11) is 0. The number of pyridine rings is 1. The lowest BCUT2D eigenvalue weighted by Gasteiger charge is -2.37. The Bertz CT molecular complexity index is 507. The molecule has 110 valence electrons. The summed E-state index contributed by atoms with van der Waals surface area (Å²) in [6.45, 7) is 8.24. The van der Waals surface area contributed by atoms with Gasteiger partial charge in [0.25, 0.3) is 5.91 Å². The molecule has 5 nitrogen and oxygen atoms in total. The highest BCUT2D eigenvalue weighted by molar-refractivity contribution is 7.81. The first kappa shape index (κ1) is 15.1. The average Bonchev–Trinajstić information content (AvgIpc) is 2.38. The van der Waals surface area contributed by atoms with E-state index in [2.05, 4.69) is 36.4 Å². The van der Waals surface area contributed by atoms with Crippen molar-refractivity contribution < 1.29 is 4.79 Å². The zero-order valence-corrected chi connectivity index (χ0v) is 12.8. The molecule has 2 heterocycles. The van der Waals surface area contributed by atoms with Crippen LogP contribution in [-0.4, -0.2) is 58.2 Å². The summed E-state index contributed by atoms with van der Waals surface area (Å²) in [5, 5.41) is 0. The lowest BCUT2D eigenvalue weighted by Crippen LogP contribution is -2.51. The van der Waals surface area contributed by atoms with Crippen molar-refractivity contribution in [2.24, 2.45) is 0 Å². The molecule has 0 atom stereocenters. The lowest BCUT2D eigenvalue weighted by molar-refractivity contribution is 0.0629. The highest BCUT2D eigenvalue weighted by Gasteiger charge is 2.25. The van der Waals surface area contributed by atoms with Crippen LogP contribution in [0, 0.1) is 0 Å². The maximum Gasteiger partial charge on any atom is 0.255 e. The fourth-order valence-corrected chi connectivity index (χ4v) is 2.58. The van der Waals surface area contributed by atoms with Crippen LogP contribution in [0.2, 0.25) is 0 Å². The summed E-state index contributed by atoms with van der Waals surface area (Å²) in [6.07, 6.45) is 1.48. The molecule has 1 aliphatic heterocycles. The minimum atomic E-state index is -0.192. The number of aromatic amines is 1. The molecule has 0 radical (unpaired) electrons. The first-order valence-corrected chi connectivity index (χ1v) is 7.23. The normalized spacial score (nSPS) is 17.2. The molecule has 1 saturated heterocycles. The number of carbonyl (C=O) groups is 1. The van der Waals surface area contributed by atoms with E-state index in [1.807, 2.05) is 4.90 Å². The number of amides is 1. The molecule has 0 saturated carbocycles. The Morgan fingerprint density at radius 2 is 1.95 bits per heavy atom. The van der Waals surface area contributed by atoms with E-state index >= 15 is 0 Å². The number of hydrogen-bond donors (Lipinski definition) is 2. The Kier molecular flexibility index (Phi) is 4.55. The second-order valence-electron chi connectivity index (χ2n) is 5.82. The third-order valence-electron chi connectivity index (χ3n) is 3.30. The van der Waals surface area contributed by atoms with E-state index in [4.69, 9.17) is 0 Å². The minimum Gasteiger partial charge on any atom is -0.336 e. The van der Waals surface area contributed by atoms with E-state index in [-0.39, 0.29) is 16.2 Å². The van der Waals surface area contributed by atoms with Gasteiger partial charge in [0.2, 0.25) is 5.56 Å². The summed E-state index contributed by atoms with van der Waals surface area (Å²) in [4.78, 5) is 30.0. The Morgan fingerprint density at radius 1 is 1.30 bits per heavy atom. The molecular weight excluding hydrogens is 274 g/mol. The Morgan fingerprint density at radius 3 is 2.45 bits per heavy atom. The quantitative estimate of drug-likeness (QED) is 0.813. The van der Waals surface area contributed by atoms with Crippen molar-refractivity contribution in [1.82, 2.24) is 14.8 Å². The zero-order valence-electron chi connectivity index (χ0n) is 11.9. The number of nitrogens with zero attached hydrogens (tertiary/aromatic N) is 2. The number of aromatic nitrogens is 1. The summed E-state index contributed by atoms with van der Waals surface area (Å²) in [5.41, 5.74) is 0.343. The van der Waals surface area contributed by atoms with Crippen LogP contribution in [-0.2, 0) is 0 Å². The Balaban J connectivity index is 1.92. The number of piperazine rings is 1. The van der Waals surface area contributed by atoms with E-state index in [1.165, 1.54) is 12.3 Å². The van der Waals surface area contributed by atoms with Gasteiger partial charge in [0, 0.05) is 49.7 Å². The Labute approximate surface area is 124 Å². The number of H-pyrrole nitrogens is 1. The maximum absolute atomic E-state index is 12.3. The molecule has 0 aliphatic carbocycles. The van der Waals surface area contributed by atoms with Crippen molar-refractivity contribution in [3.63, 3.8) is 0 Å². The topological polar surface area (TPSA) is 56.4 Å². The molecular formula is C14H21N3O2S. The van der Waals surface area contributed by atoms with E-state index < -0.39 is 0 Å². The monoisotopic (exact) mass is 295 g/mol. The van der Waals surface area contributed by atoms with Crippen LogP contribution < -0.4 is 5.56 Å². The fraction of sp³-hybridized carbons (Fsp3) is 0.571. The minimum absolute atomic E-state index is 0.0222. The molecule has 1 aromatic rings. The summed E-state index contributed by atoms with van der Waals surface area (Å²) in [6, 6.07) is 2.96. The second kappa shape index (κ2) is 6.01. The molecule has 1 fully saturated rings. The molecule has 1 amide bonds. The first-order valence-electron chi connectivity index (χ1n) is 6.78. The smallest absolute Gasteiger partial charge is 0.255 e. The maximum atomic E-state index is 12.3. The van der Waals surface area contributed by atoms with Crippen molar-refractivity contribution in [1.29, 1.82) is 0 Å². The SMILES string of the molecule is CC(C)(S)CN1CCN(C(=O)c2ccc(=O)[nH]c2)CC1. The number of nitrogens with one attached hydrogen (secondary N) is 1. The molecule has 1 aromatic heterocycles. The van der Waals surface area contributed by atoms with Gasteiger partial charge in [-0.05, 0) is 19.9 Å². The van der Waals surface area contributed by atoms with Crippen LogP contribution in [0.25, 0.3) is 0 Å². The van der Waals surface area contributed by atoms with Crippen LogP contribution in [0.3, 0.4) is 0 Å². The predicted molar refractivity (Wildman–Crippen MR) is 82.5 cm³/mol. The van der Waals surface area contributed by atoms with E-state index in [1.54, 1.807) is 6.07 Å². The van der Waals surface area contributed by atoms with E-state index in [9.17, 15) is 9.59 Å². The predicted octanol–water partition coefficient (Wildman–Crippen LogP) is 0.841. The van der Waals surface area contributed by atoms with Gasteiger partial charge >= 0.3 is 0 Å². The van der Waals surface area contributed by atoms with Gasteiger partial charge in [-0.1, -0.05) is 0 Å².